The second-order valence-electron chi connectivity index (χ2n) is 7.45. The van der Waals surface area contributed by atoms with Gasteiger partial charge in [0.1, 0.15) is 13.2 Å². The van der Waals surface area contributed by atoms with Crippen LogP contribution >= 0.6 is 0 Å². The second kappa shape index (κ2) is 10.6. The lowest BCUT2D eigenvalue weighted by atomic mass is 10.0. The molecule has 0 aliphatic heterocycles. The largest absolute Gasteiger partial charge is 0.472 e. The quantitative estimate of drug-likeness (QED) is 0.520. The first-order valence-electron chi connectivity index (χ1n) is 10.00. The van der Waals surface area contributed by atoms with Crippen molar-refractivity contribution in [2.75, 3.05) is 0 Å². The number of aliphatic hydroxyl groups is 1. The average molecular weight is 392 g/mol. The Labute approximate surface area is 172 Å². The van der Waals surface area contributed by atoms with Crippen LogP contribution in [-0.2, 0) is 13.2 Å². The predicted molar refractivity (Wildman–Crippen MR) is 113 cm³/mol. The lowest BCUT2D eigenvalue weighted by Gasteiger charge is -2.17. The summed E-state index contributed by atoms with van der Waals surface area (Å²) in [6, 6.07) is 19.9. The maximum Gasteiger partial charge on any atom is 0.320 e. The summed E-state index contributed by atoms with van der Waals surface area (Å²) < 4.78 is 11.7. The van der Waals surface area contributed by atoms with Gasteiger partial charge in [0, 0.05) is 6.20 Å². The average Bonchev–Trinajstić information content (AvgIpc) is 2.76. The lowest BCUT2D eigenvalue weighted by molar-refractivity contribution is 0.149. The van der Waals surface area contributed by atoms with Crippen LogP contribution in [0.5, 0.6) is 11.9 Å². The lowest BCUT2D eigenvalue weighted by Crippen LogP contribution is -2.09. The van der Waals surface area contributed by atoms with Crippen molar-refractivity contribution in [3.05, 3.63) is 83.6 Å². The standard InChI is InChI=1S/C24H28N2O3/c1-18(2)13-14-22(27)21-15-25-24(29-17-20-11-7-4-8-12-20)26-23(21)28-16-19-9-5-3-6-10-19/h3-12,15,18,22,27H,13-14,16-17H2,1-2H3. The molecule has 29 heavy (non-hydrogen) atoms. The summed E-state index contributed by atoms with van der Waals surface area (Å²) in [6.45, 7) is 5.00. The molecule has 1 N–H and O–H groups in total. The van der Waals surface area contributed by atoms with E-state index in [0.29, 0.717) is 37.0 Å². The summed E-state index contributed by atoms with van der Waals surface area (Å²) in [6.07, 6.45) is 2.48. The topological polar surface area (TPSA) is 64.5 Å². The van der Waals surface area contributed by atoms with E-state index in [1.807, 2.05) is 60.7 Å². The van der Waals surface area contributed by atoms with Crippen molar-refractivity contribution in [1.29, 1.82) is 0 Å². The van der Waals surface area contributed by atoms with Gasteiger partial charge >= 0.3 is 6.01 Å². The fourth-order valence-electron chi connectivity index (χ4n) is 2.87. The molecule has 152 valence electrons. The maximum atomic E-state index is 10.6. The molecule has 3 rings (SSSR count). The van der Waals surface area contributed by atoms with E-state index in [-0.39, 0.29) is 6.01 Å². The summed E-state index contributed by atoms with van der Waals surface area (Å²) in [7, 11) is 0. The minimum atomic E-state index is -0.675. The third-order valence-corrected chi connectivity index (χ3v) is 4.56. The summed E-state index contributed by atoms with van der Waals surface area (Å²) in [4.78, 5) is 8.72. The third-order valence-electron chi connectivity index (χ3n) is 4.56. The van der Waals surface area contributed by atoms with Crippen molar-refractivity contribution >= 4 is 0 Å². The molecule has 0 saturated heterocycles. The number of aliphatic hydroxyl groups excluding tert-OH is 1. The number of aromatic nitrogens is 2. The van der Waals surface area contributed by atoms with E-state index >= 15 is 0 Å². The monoisotopic (exact) mass is 392 g/mol. The third kappa shape index (κ3) is 6.57. The number of hydrogen-bond donors (Lipinski definition) is 1. The normalized spacial score (nSPS) is 12.0. The molecule has 1 aromatic heterocycles. The van der Waals surface area contributed by atoms with Crippen LogP contribution in [-0.4, -0.2) is 15.1 Å². The van der Waals surface area contributed by atoms with Gasteiger partial charge in [0.05, 0.1) is 11.7 Å². The highest BCUT2D eigenvalue weighted by Crippen LogP contribution is 2.29. The summed E-state index contributed by atoms with van der Waals surface area (Å²) in [5, 5.41) is 10.6. The van der Waals surface area contributed by atoms with Crippen molar-refractivity contribution in [3.8, 4) is 11.9 Å². The van der Waals surface area contributed by atoms with Crippen LogP contribution in [0.4, 0.5) is 0 Å². The van der Waals surface area contributed by atoms with Crippen LogP contribution in [0.3, 0.4) is 0 Å². The van der Waals surface area contributed by atoms with E-state index in [1.54, 1.807) is 6.20 Å². The van der Waals surface area contributed by atoms with Crippen molar-refractivity contribution < 1.29 is 14.6 Å². The Balaban J connectivity index is 1.75. The van der Waals surface area contributed by atoms with Crippen molar-refractivity contribution in [2.45, 2.75) is 46.0 Å². The molecule has 0 fully saturated rings. The fourth-order valence-corrected chi connectivity index (χ4v) is 2.87. The smallest absolute Gasteiger partial charge is 0.320 e. The van der Waals surface area contributed by atoms with Gasteiger partial charge in [0.2, 0.25) is 5.88 Å². The first-order chi connectivity index (χ1) is 14.1. The number of benzene rings is 2. The zero-order chi connectivity index (χ0) is 20.5. The summed E-state index contributed by atoms with van der Waals surface area (Å²) >= 11 is 0. The molecule has 5 nitrogen and oxygen atoms in total. The number of ether oxygens (including phenoxy) is 2. The first kappa shape index (κ1) is 20.8. The van der Waals surface area contributed by atoms with Crippen LogP contribution < -0.4 is 9.47 Å². The van der Waals surface area contributed by atoms with Crippen molar-refractivity contribution in [3.63, 3.8) is 0 Å². The van der Waals surface area contributed by atoms with Crippen LogP contribution in [0.15, 0.2) is 66.9 Å². The molecule has 3 aromatic rings. The first-order valence-corrected chi connectivity index (χ1v) is 10.00. The molecule has 2 aromatic carbocycles. The zero-order valence-electron chi connectivity index (χ0n) is 17.0. The molecule has 0 aliphatic rings. The molecule has 0 bridgehead atoms. The Morgan fingerprint density at radius 1 is 0.828 bits per heavy atom. The van der Waals surface area contributed by atoms with Gasteiger partial charge in [-0.2, -0.15) is 4.98 Å². The SMILES string of the molecule is CC(C)CCC(O)c1cnc(OCc2ccccc2)nc1OCc1ccccc1. The maximum absolute atomic E-state index is 10.6. The summed E-state index contributed by atoms with van der Waals surface area (Å²) in [5.74, 6) is 0.871. The Morgan fingerprint density at radius 3 is 2.00 bits per heavy atom. The highest BCUT2D eigenvalue weighted by Gasteiger charge is 2.18. The van der Waals surface area contributed by atoms with Crippen molar-refractivity contribution in [2.24, 2.45) is 5.92 Å². The number of rotatable bonds is 10. The van der Waals surface area contributed by atoms with Gasteiger partial charge in [0.15, 0.2) is 0 Å². The van der Waals surface area contributed by atoms with Gasteiger partial charge in [-0.05, 0) is 29.9 Å². The molecule has 0 radical (unpaired) electrons. The molecule has 1 heterocycles. The molecule has 1 atom stereocenters. The Hall–Kier alpha value is -2.92. The molecule has 5 heteroatoms. The molecular weight excluding hydrogens is 364 g/mol. The van der Waals surface area contributed by atoms with Gasteiger partial charge in [0.25, 0.3) is 0 Å². The molecule has 0 aliphatic carbocycles. The molecule has 1 unspecified atom stereocenters. The highest BCUT2D eigenvalue weighted by molar-refractivity contribution is 5.28. The Bertz CT molecular complexity index is 870. The predicted octanol–water partition coefficient (Wildman–Crippen LogP) is 5.10. The van der Waals surface area contributed by atoms with Crippen LogP contribution in [0.25, 0.3) is 0 Å². The van der Waals surface area contributed by atoms with Gasteiger partial charge in [-0.1, -0.05) is 74.5 Å². The highest BCUT2D eigenvalue weighted by atomic mass is 16.5. The Morgan fingerprint density at radius 2 is 1.41 bits per heavy atom. The molecular formula is C24H28N2O3. The summed E-state index contributed by atoms with van der Waals surface area (Å²) in [5.41, 5.74) is 2.65. The number of nitrogens with zero attached hydrogens (tertiary/aromatic N) is 2. The van der Waals surface area contributed by atoms with Gasteiger partial charge < -0.3 is 14.6 Å². The van der Waals surface area contributed by atoms with E-state index in [2.05, 4.69) is 23.8 Å². The minimum Gasteiger partial charge on any atom is -0.472 e. The second-order valence-corrected chi connectivity index (χ2v) is 7.45. The zero-order valence-corrected chi connectivity index (χ0v) is 17.0. The number of hydrogen-bond acceptors (Lipinski definition) is 5. The minimum absolute atomic E-state index is 0.233. The van der Waals surface area contributed by atoms with E-state index in [4.69, 9.17) is 9.47 Å². The van der Waals surface area contributed by atoms with E-state index < -0.39 is 6.10 Å². The molecule has 0 amide bonds. The molecule has 0 saturated carbocycles. The van der Waals surface area contributed by atoms with Gasteiger partial charge in [-0.15, -0.1) is 0 Å². The van der Waals surface area contributed by atoms with Crippen molar-refractivity contribution in [1.82, 2.24) is 9.97 Å². The fraction of sp³-hybridized carbons (Fsp3) is 0.333. The molecule has 0 spiro atoms. The van der Waals surface area contributed by atoms with E-state index in [0.717, 1.165) is 17.5 Å². The van der Waals surface area contributed by atoms with Crippen LogP contribution in [0, 0.1) is 5.92 Å². The Kier molecular flexibility index (Phi) is 7.59. The van der Waals surface area contributed by atoms with Gasteiger partial charge in [-0.3, -0.25) is 0 Å². The van der Waals surface area contributed by atoms with Crippen LogP contribution in [0.2, 0.25) is 0 Å². The van der Waals surface area contributed by atoms with E-state index in [1.165, 1.54) is 0 Å². The van der Waals surface area contributed by atoms with E-state index in [9.17, 15) is 5.11 Å². The van der Waals surface area contributed by atoms with Gasteiger partial charge in [-0.25, -0.2) is 4.98 Å². The van der Waals surface area contributed by atoms with Crippen LogP contribution in [0.1, 0.15) is 49.5 Å².